The monoisotopic (exact) mass is 294 g/mol. The number of nitrogens with zero attached hydrogens (tertiary/aromatic N) is 1. The van der Waals surface area contributed by atoms with Crippen LogP contribution in [0.15, 0.2) is 60.2 Å². The molecule has 0 unspecified atom stereocenters. The SMILES string of the molecule is C[C@@H](NC(=O)/C(C#N)=C\c1ccccc1F)c1ccccc1. The van der Waals surface area contributed by atoms with Gasteiger partial charge in [0.05, 0.1) is 6.04 Å². The second kappa shape index (κ2) is 7.19. The molecule has 0 radical (unpaired) electrons. The Morgan fingerprint density at radius 1 is 1.18 bits per heavy atom. The molecule has 1 atom stereocenters. The van der Waals surface area contributed by atoms with Gasteiger partial charge < -0.3 is 5.32 Å². The molecule has 0 spiro atoms. The number of rotatable bonds is 4. The number of hydrogen-bond donors (Lipinski definition) is 1. The van der Waals surface area contributed by atoms with Gasteiger partial charge in [0, 0.05) is 5.56 Å². The van der Waals surface area contributed by atoms with E-state index in [4.69, 9.17) is 5.26 Å². The number of hydrogen-bond acceptors (Lipinski definition) is 2. The van der Waals surface area contributed by atoms with Gasteiger partial charge in [-0.25, -0.2) is 4.39 Å². The Kier molecular flexibility index (Phi) is 5.05. The second-order valence-electron chi connectivity index (χ2n) is 4.80. The first-order valence-electron chi connectivity index (χ1n) is 6.84. The Hall–Kier alpha value is -2.93. The van der Waals surface area contributed by atoms with Crippen LogP contribution in [0.3, 0.4) is 0 Å². The summed E-state index contributed by atoms with van der Waals surface area (Å²) >= 11 is 0. The maximum atomic E-state index is 13.6. The summed E-state index contributed by atoms with van der Waals surface area (Å²) in [4.78, 5) is 12.1. The Morgan fingerprint density at radius 3 is 2.45 bits per heavy atom. The summed E-state index contributed by atoms with van der Waals surface area (Å²) < 4.78 is 13.6. The number of nitriles is 1. The van der Waals surface area contributed by atoms with E-state index in [-0.39, 0.29) is 17.2 Å². The van der Waals surface area contributed by atoms with Crippen molar-refractivity contribution in [2.45, 2.75) is 13.0 Å². The van der Waals surface area contributed by atoms with E-state index in [2.05, 4.69) is 5.32 Å². The Balaban J connectivity index is 2.17. The van der Waals surface area contributed by atoms with E-state index in [0.29, 0.717) is 0 Å². The van der Waals surface area contributed by atoms with Crippen molar-refractivity contribution in [2.24, 2.45) is 0 Å². The van der Waals surface area contributed by atoms with Crippen molar-refractivity contribution in [1.29, 1.82) is 5.26 Å². The van der Waals surface area contributed by atoms with E-state index in [9.17, 15) is 9.18 Å². The molecule has 110 valence electrons. The van der Waals surface area contributed by atoms with Crippen LogP contribution in [0.2, 0.25) is 0 Å². The van der Waals surface area contributed by atoms with E-state index in [1.807, 2.05) is 43.3 Å². The molecular formula is C18H15FN2O. The van der Waals surface area contributed by atoms with E-state index >= 15 is 0 Å². The largest absolute Gasteiger partial charge is 0.345 e. The number of nitrogens with one attached hydrogen (secondary N) is 1. The summed E-state index contributed by atoms with van der Waals surface area (Å²) in [7, 11) is 0. The number of halogens is 1. The van der Waals surface area contributed by atoms with Crippen molar-refractivity contribution in [3.63, 3.8) is 0 Å². The molecule has 0 fully saturated rings. The number of carbonyl (C=O) groups is 1. The summed E-state index contributed by atoms with van der Waals surface area (Å²) in [5.74, 6) is -0.999. The van der Waals surface area contributed by atoms with Crippen molar-refractivity contribution in [3.8, 4) is 6.07 Å². The smallest absolute Gasteiger partial charge is 0.262 e. The van der Waals surface area contributed by atoms with Crippen LogP contribution in [0.25, 0.3) is 6.08 Å². The Labute approximate surface area is 128 Å². The standard InChI is InChI=1S/C18H15FN2O/c1-13(14-7-3-2-4-8-14)21-18(22)16(12-20)11-15-9-5-6-10-17(15)19/h2-11,13H,1H3,(H,21,22)/b16-11-/t13-/m1/s1. The van der Waals surface area contributed by atoms with Crippen LogP contribution < -0.4 is 5.32 Å². The zero-order valence-corrected chi connectivity index (χ0v) is 12.1. The first-order valence-corrected chi connectivity index (χ1v) is 6.84. The summed E-state index contributed by atoms with van der Waals surface area (Å²) in [6.45, 7) is 1.82. The average Bonchev–Trinajstić information content (AvgIpc) is 2.54. The fourth-order valence-electron chi connectivity index (χ4n) is 2.00. The normalized spacial score (nSPS) is 12.3. The summed E-state index contributed by atoms with van der Waals surface area (Å²) in [5, 5.41) is 11.9. The third kappa shape index (κ3) is 3.80. The van der Waals surface area contributed by atoms with Gasteiger partial charge in [0.2, 0.25) is 0 Å². The highest BCUT2D eigenvalue weighted by Crippen LogP contribution is 2.14. The molecule has 0 saturated carbocycles. The highest BCUT2D eigenvalue weighted by atomic mass is 19.1. The first kappa shape index (κ1) is 15.5. The maximum Gasteiger partial charge on any atom is 0.262 e. The van der Waals surface area contributed by atoms with Crippen LogP contribution in [0.5, 0.6) is 0 Å². The van der Waals surface area contributed by atoms with Gasteiger partial charge in [0.1, 0.15) is 17.5 Å². The van der Waals surface area contributed by atoms with Gasteiger partial charge in [0.25, 0.3) is 5.91 Å². The van der Waals surface area contributed by atoms with E-state index in [1.54, 1.807) is 12.1 Å². The van der Waals surface area contributed by atoms with Gasteiger partial charge in [-0.15, -0.1) is 0 Å². The molecule has 0 aromatic heterocycles. The molecule has 2 aromatic rings. The molecule has 2 rings (SSSR count). The van der Waals surface area contributed by atoms with Crippen LogP contribution in [-0.2, 0) is 4.79 Å². The molecule has 2 aromatic carbocycles. The fraction of sp³-hybridized carbons (Fsp3) is 0.111. The van der Waals surface area contributed by atoms with Gasteiger partial charge in [-0.05, 0) is 24.6 Å². The zero-order chi connectivity index (χ0) is 15.9. The molecule has 0 saturated heterocycles. The van der Waals surface area contributed by atoms with Crippen molar-refractivity contribution in [3.05, 3.63) is 77.1 Å². The summed E-state index contributed by atoms with van der Waals surface area (Å²) in [6.07, 6.45) is 1.25. The quantitative estimate of drug-likeness (QED) is 0.692. The topological polar surface area (TPSA) is 52.9 Å². The van der Waals surface area contributed by atoms with Crippen LogP contribution in [-0.4, -0.2) is 5.91 Å². The predicted octanol–water partition coefficient (Wildman–Crippen LogP) is 3.61. The van der Waals surface area contributed by atoms with Crippen molar-refractivity contribution >= 4 is 12.0 Å². The van der Waals surface area contributed by atoms with Crippen LogP contribution in [0.4, 0.5) is 4.39 Å². The molecule has 22 heavy (non-hydrogen) atoms. The van der Waals surface area contributed by atoms with E-state index < -0.39 is 11.7 Å². The lowest BCUT2D eigenvalue weighted by atomic mass is 10.1. The number of amides is 1. The molecule has 0 aliphatic rings. The molecule has 0 aliphatic carbocycles. The third-order valence-corrected chi connectivity index (χ3v) is 3.22. The van der Waals surface area contributed by atoms with Crippen LogP contribution in [0.1, 0.15) is 24.1 Å². The minimum atomic E-state index is -0.526. The number of carbonyl (C=O) groups excluding carboxylic acids is 1. The van der Waals surface area contributed by atoms with Crippen molar-refractivity contribution < 1.29 is 9.18 Å². The molecule has 0 bridgehead atoms. The molecule has 0 heterocycles. The van der Waals surface area contributed by atoms with Gasteiger partial charge in [-0.1, -0.05) is 48.5 Å². The average molecular weight is 294 g/mol. The molecule has 4 heteroatoms. The second-order valence-corrected chi connectivity index (χ2v) is 4.80. The first-order chi connectivity index (χ1) is 10.6. The van der Waals surface area contributed by atoms with Crippen molar-refractivity contribution in [2.75, 3.05) is 0 Å². The van der Waals surface area contributed by atoms with Gasteiger partial charge in [-0.3, -0.25) is 4.79 Å². The maximum absolute atomic E-state index is 13.6. The molecule has 1 amide bonds. The molecule has 3 nitrogen and oxygen atoms in total. The summed E-state index contributed by atoms with van der Waals surface area (Å²) in [6, 6.07) is 17.0. The van der Waals surface area contributed by atoms with Gasteiger partial charge >= 0.3 is 0 Å². The van der Waals surface area contributed by atoms with Crippen molar-refractivity contribution in [1.82, 2.24) is 5.32 Å². The third-order valence-electron chi connectivity index (χ3n) is 3.22. The predicted molar refractivity (Wildman–Crippen MR) is 83.0 cm³/mol. The lowest BCUT2D eigenvalue weighted by Crippen LogP contribution is -2.27. The fourth-order valence-corrected chi connectivity index (χ4v) is 2.00. The number of benzene rings is 2. The highest BCUT2D eigenvalue weighted by molar-refractivity contribution is 6.01. The van der Waals surface area contributed by atoms with E-state index in [1.165, 1.54) is 18.2 Å². The van der Waals surface area contributed by atoms with E-state index in [0.717, 1.165) is 5.56 Å². The molecule has 1 N–H and O–H groups in total. The highest BCUT2D eigenvalue weighted by Gasteiger charge is 2.14. The Morgan fingerprint density at radius 2 is 1.82 bits per heavy atom. The van der Waals surface area contributed by atoms with Gasteiger partial charge in [0.15, 0.2) is 0 Å². The minimum absolute atomic E-state index is 0.132. The Bertz CT molecular complexity index is 732. The summed E-state index contributed by atoms with van der Waals surface area (Å²) in [5.41, 5.74) is 1.01. The lowest BCUT2D eigenvalue weighted by molar-refractivity contribution is -0.117. The lowest BCUT2D eigenvalue weighted by Gasteiger charge is -2.13. The van der Waals surface area contributed by atoms with Gasteiger partial charge in [-0.2, -0.15) is 5.26 Å². The molecular weight excluding hydrogens is 279 g/mol. The zero-order valence-electron chi connectivity index (χ0n) is 12.1. The minimum Gasteiger partial charge on any atom is -0.345 e. The molecule has 0 aliphatic heterocycles. The van der Waals surface area contributed by atoms with Crippen LogP contribution in [0, 0.1) is 17.1 Å². The van der Waals surface area contributed by atoms with Crippen LogP contribution >= 0.6 is 0 Å².